The van der Waals surface area contributed by atoms with Crippen LogP contribution < -0.4 is 0 Å². The van der Waals surface area contributed by atoms with Gasteiger partial charge < -0.3 is 9.80 Å². The van der Waals surface area contributed by atoms with Gasteiger partial charge in [0.2, 0.25) is 5.91 Å². The van der Waals surface area contributed by atoms with Crippen LogP contribution in [0.2, 0.25) is 0 Å². The largest absolute Gasteiger partial charge is 0.339 e. The molecule has 5 heteroatoms. The van der Waals surface area contributed by atoms with E-state index in [1.165, 1.54) is 17.7 Å². The maximum atomic E-state index is 13.1. The van der Waals surface area contributed by atoms with Gasteiger partial charge in [0.1, 0.15) is 5.82 Å². The number of carbonyl (C=O) groups excluding carboxylic acids is 2. The van der Waals surface area contributed by atoms with E-state index in [1.807, 2.05) is 41.8 Å². The molecule has 2 aliphatic rings. The normalized spacial score (nSPS) is 21.5. The Hall–Kier alpha value is -2.69. The van der Waals surface area contributed by atoms with E-state index in [1.54, 1.807) is 12.1 Å². The fourth-order valence-electron chi connectivity index (χ4n) is 3.97. The van der Waals surface area contributed by atoms with Crippen LogP contribution in [0.3, 0.4) is 0 Å². The van der Waals surface area contributed by atoms with Crippen LogP contribution in [0.25, 0.3) is 0 Å². The molecule has 4 nitrogen and oxygen atoms in total. The highest BCUT2D eigenvalue weighted by Crippen LogP contribution is 2.48. The highest BCUT2D eigenvalue weighted by Gasteiger charge is 2.46. The first-order chi connectivity index (χ1) is 13.4. The fraction of sp³-hybridized carbons (Fsp3) is 0.391. The molecule has 4 rings (SSSR count). The minimum absolute atomic E-state index is 0.00698. The minimum Gasteiger partial charge on any atom is -0.339 e. The van der Waals surface area contributed by atoms with Gasteiger partial charge in [-0.3, -0.25) is 9.59 Å². The number of amides is 2. The van der Waals surface area contributed by atoms with Crippen LogP contribution in [0.4, 0.5) is 4.39 Å². The standard InChI is InChI=1S/C23H25FN2O2/c1-15-3-4-18(13-16(15)2)22(27)25-9-11-26(12-10-25)23(28)21-14-20(21)17-5-7-19(24)8-6-17/h3-8,13,20-21H,9-12,14H2,1-2H3. The lowest BCUT2D eigenvalue weighted by molar-refractivity contribution is -0.134. The summed E-state index contributed by atoms with van der Waals surface area (Å²) in [6.45, 7) is 6.31. The van der Waals surface area contributed by atoms with E-state index in [0.29, 0.717) is 31.7 Å². The molecule has 2 aromatic carbocycles. The molecule has 2 aromatic rings. The Morgan fingerprint density at radius 1 is 0.893 bits per heavy atom. The number of aryl methyl sites for hydroxylation is 2. The molecule has 0 aromatic heterocycles. The number of nitrogens with zero attached hydrogens (tertiary/aromatic N) is 2. The maximum Gasteiger partial charge on any atom is 0.253 e. The van der Waals surface area contributed by atoms with Gasteiger partial charge in [-0.05, 0) is 67.1 Å². The third kappa shape index (κ3) is 3.66. The molecular formula is C23H25FN2O2. The van der Waals surface area contributed by atoms with Gasteiger partial charge in [-0.2, -0.15) is 0 Å². The predicted molar refractivity (Wildman–Crippen MR) is 106 cm³/mol. The van der Waals surface area contributed by atoms with Crippen molar-refractivity contribution in [1.29, 1.82) is 0 Å². The van der Waals surface area contributed by atoms with Crippen LogP contribution in [-0.2, 0) is 4.79 Å². The molecule has 1 heterocycles. The first-order valence-electron chi connectivity index (χ1n) is 9.85. The van der Waals surface area contributed by atoms with Gasteiger partial charge in [0, 0.05) is 37.7 Å². The van der Waals surface area contributed by atoms with Crippen molar-refractivity contribution in [3.63, 3.8) is 0 Å². The Labute approximate surface area is 164 Å². The Balaban J connectivity index is 1.33. The van der Waals surface area contributed by atoms with Gasteiger partial charge in [-0.15, -0.1) is 0 Å². The quantitative estimate of drug-likeness (QED) is 0.817. The highest BCUT2D eigenvalue weighted by atomic mass is 19.1. The molecule has 0 spiro atoms. The van der Waals surface area contributed by atoms with Crippen molar-refractivity contribution < 1.29 is 14.0 Å². The Morgan fingerprint density at radius 3 is 2.18 bits per heavy atom. The van der Waals surface area contributed by atoms with Crippen molar-refractivity contribution in [2.24, 2.45) is 5.92 Å². The van der Waals surface area contributed by atoms with Crippen LogP contribution in [-0.4, -0.2) is 47.8 Å². The zero-order chi connectivity index (χ0) is 19.8. The van der Waals surface area contributed by atoms with Crippen LogP contribution in [0.1, 0.15) is 39.4 Å². The van der Waals surface area contributed by atoms with Crippen molar-refractivity contribution in [1.82, 2.24) is 9.80 Å². The van der Waals surface area contributed by atoms with E-state index in [4.69, 9.17) is 0 Å². The van der Waals surface area contributed by atoms with Crippen LogP contribution in [0, 0.1) is 25.6 Å². The number of benzene rings is 2. The second-order valence-electron chi connectivity index (χ2n) is 7.92. The van der Waals surface area contributed by atoms with Crippen molar-refractivity contribution in [2.45, 2.75) is 26.2 Å². The average Bonchev–Trinajstić information content (AvgIpc) is 3.50. The third-order valence-electron chi connectivity index (χ3n) is 6.04. The summed E-state index contributed by atoms with van der Waals surface area (Å²) < 4.78 is 13.1. The van der Waals surface area contributed by atoms with Gasteiger partial charge in [-0.1, -0.05) is 18.2 Å². The summed E-state index contributed by atoms with van der Waals surface area (Å²) in [5.41, 5.74) is 4.03. The van der Waals surface area contributed by atoms with E-state index in [0.717, 1.165) is 17.5 Å². The number of carbonyl (C=O) groups is 2. The molecule has 28 heavy (non-hydrogen) atoms. The lowest BCUT2D eigenvalue weighted by atomic mass is 10.1. The lowest BCUT2D eigenvalue weighted by Crippen LogP contribution is -2.51. The SMILES string of the molecule is Cc1ccc(C(=O)N2CCN(C(=O)C3CC3c3ccc(F)cc3)CC2)cc1C. The Morgan fingerprint density at radius 2 is 1.54 bits per heavy atom. The molecule has 0 radical (unpaired) electrons. The van der Waals surface area contributed by atoms with E-state index in [2.05, 4.69) is 0 Å². The summed E-state index contributed by atoms with van der Waals surface area (Å²) in [6.07, 6.45) is 0.826. The van der Waals surface area contributed by atoms with E-state index in [-0.39, 0.29) is 29.5 Å². The monoisotopic (exact) mass is 380 g/mol. The van der Waals surface area contributed by atoms with Crippen molar-refractivity contribution in [2.75, 3.05) is 26.2 Å². The Kier molecular flexibility index (Phi) is 4.92. The topological polar surface area (TPSA) is 40.6 Å². The van der Waals surface area contributed by atoms with Gasteiger partial charge in [0.15, 0.2) is 0 Å². The van der Waals surface area contributed by atoms with E-state index < -0.39 is 0 Å². The molecule has 2 fully saturated rings. The molecule has 0 bridgehead atoms. The average molecular weight is 380 g/mol. The van der Waals surface area contributed by atoms with Crippen molar-refractivity contribution in [3.8, 4) is 0 Å². The molecule has 0 N–H and O–H groups in total. The summed E-state index contributed by atoms with van der Waals surface area (Å²) in [7, 11) is 0. The fourth-order valence-corrected chi connectivity index (χ4v) is 3.97. The van der Waals surface area contributed by atoms with Gasteiger partial charge in [0.25, 0.3) is 5.91 Å². The molecular weight excluding hydrogens is 355 g/mol. The summed E-state index contributed by atoms with van der Waals surface area (Å²) >= 11 is 0. The summed E-state index contributed by atoms with van der Waals surface area (Å²) in [5, 5.41) is 0. The molecule has 146 valence electrons. The molecule has 2 amide bonds. The number of rotatable bonds is 3. The minimum atomic E-state index is -0.253. The number of hydrogen-bond donors (Lipinski definition) is 0. The lowest BCUT2D eigenvalue weighted by Gasteiger charge is -2.35. The molecule has 1 aliphatic heterocycles. The van der Waals surface area contributed by atoms with Crippen molar-refractivity contribution >= 4 is 11.8 Å². The van der Waals surface area contributed by atoms with Crippen LogP contribution >= 0.6 is 0 Å². The Bertz CT molecular complexity index is 901. The van der Waals surface area contributed by atoms with E-state index in [9.17, 15) is 14.0 Å². The predicted octanol–water partition coefficient (Wildman–Crippen LogP) is 3.53. The van der Waals surface area contributed by atoms with Gasteiger partial charge in [-0.25, -0.2) is 4.39 Å². The summed E-state index contributed by atoms with van der Waals surface area (Å²) in [5.74, 6) is 0.131. The maximum absolute atomic E-state index is 13.1. The number of halogens is 1. The van der Waals surface area contributed by atoms with E-state index >= 15 is 0 Å². The smallest absolute Gasteiger partial charge is 0.253 e. The molecule has 1 saturated carbocycles. The summed E-state index contributed by atoms with van der Waals surface area (Å²) in [6, 6.07) is 12.2. The highest BCUT2D eigenvalue weighted by molar-refractivity contribution is 5.94. The van der Waals surface area contributed by atoms with Crippen molar-refractivity contribution in [3.05, 3.63) is 70.5 Å². The molecule has 1 aliphatic carbocycles. The number of hydrogen-bond acceptors (Lipinski definition) is 2. The molecule has 2 atom stereocenters. The molecule has 2 unspecified atom stereocenters. The number of piperazine rings is 1. The van der Waals surface area contributed by atoms with Gasteiger partial charge in [0.05, 0.1) is 0 Å². The zero-order valence-electron chi connectivity index (χ0n) is 16.3. The van der Waals surface area contributed by atoms with Crippen LogP contribution in [0.15, 0.2) is 42.5 Å². The first kappa shape index (κ1) is 18.7. The van der Waals surface area contributed by atoms with Gasteiger partial charge >= 0.3 is 0 Å². The second-order valence-corrected chi connectivity index (χ2v) is 7.92. The summed E-state index contributed by atoms with van der Waals surface area (Å²) in [4.78, 5) is 29.2. The third-order valence-corrected chi connectivity index (χ3v) is 6.04. The second kappa shape index (κ2) is 7.38. The van der Waals surface area contributed by atoms with Crippen LogP contribution in [0.5, 0.6) is 0 Å². The zero-order valence-corrected chi connectivity index (χ0v) is 16.3. The first-order valence-corrected chi connectivity index (χ1v) is 9.85. The molecule has 1 saturated heterocycles.